The van der Waals surface area contributed by atoms with Crippen molar-refractivity contribution in [2.45, 2.75) is 26.7 Å². The molecule has 1 aromatic carbocycles. The lowest BCUT2D eigenvalue weighted by atomic mass is 9.86. The van der Waals surface area contributed by atoms with Crippen LogP contribution in [-0.2, 0) is 0 Å². The highest BCUT2D eigenvalue weighted by molar-refractivity contribution is 9.09. The summed E-state index contributed by atoms with van der Waals surface area (Å²) in [6.07, 6.45) is 2.09. The van der Waals surface area contributed by atoms with Crippen LogP contribution in [0.3, 0.4) is 0 Å². The van der Waals surface area contributed by atoms with E-state index >= 15 is 0 Å². The molecule has 0 aromatic heterocycles. The fourth-order valence-corrected chi connectivity index (χ4v) is 2.71. The van der Waals surface area contributed by atoms with Crippen LogP contribution in [0.1, 0.15) is 32.3 Å². The third kappa shape index (κ3) is 4.14. The number of benzene rings is 1. The van der Waals surface area contributed by atoms with E-state index in [0.717, 1.165) is 18.2 Å². The summed E-state index contributed by atoms with van der Waals surface area (Å²) in [6.45, 7) is 4.96. The molecule has 0 N–H and O–H groups in total. The highest BCUT2D eigenvalue weighted by atomic mass is 79.9. The molecule has 0 heterocycles. The molecule has 0 fully saturated rings. The smallest absolute Gasteiger partial charge is 0.124 e. The average molecular weight is 326 g/mol. The Balaban J connectivity index is 2.85. The minimum absolute atomic E-state index is 0.135. The van der Waals surface area contributed by atoms with Crippen LogP contribution in [0, 0.1) is 16.7 Å². The Morgan fingerprint density at radius 2 is 1.84 bits per heavy atom. The van der Waals surface area contributed by atoms with Gasteiger partial charge in [0.2, 0.25) is 0 Å². The first-order valence-corrected chi connectivity index (χ1v) is 7.53. The van der Waals surface area contributed by atoms with Crippen molar-refractivity contribution >= 4 is 15.9 Å². The Hall–Kier alpha value is -1.21. The monoisotopic (exact) mass is 325 g/mol. The van der Waals surface area contributed by atoms with Crippen LogP contribution >= 0.6 is 15.9 Å². The number of ether oxygens (including phenoxy) is 2. The number of methoxy groups -OCH3 is 1. The zero-order chi connectivity index (χ0) is 14.3. The van der Waals surface area contributed by atoms with Gasteiger partial charge in [-0.25, -0.2) is 0 Å². The number of alkyl halides is 1. The van der Waals surface area contributed by atoms with Crippen LogP contribution in [0.5, 0.6) is 11.5 Å². The molecule has 0 aliphatic carbocycles. The quantitative estimate of drug-likeness (QED) is 0.707. The lowest BCUT2D eigenvalue weighted by Crippen LogP contribution is -2.29. The molecule has 1 aromatic rings. The van der Waals surface area contributed by atoms with Crippen molar-refractivity contribution in [3.8, 4) is 17.6 Å². The summed E-state index contributed by atoms with van der Waals surface area (Å²) in [5.74, 6) is 1.33. The van der Waals surface area contributed by atoms with Crippen LogP contribution in [0.25, 0.3) is 0 Å². The normalized spacial score (nSPS) is 10.9. The summed E-state index contributed by atoms with van der Waals surface area (Å²) in [5.41, 5.74) is 0.683. The number of hydrogen-bond donors (Lipinski definition) is 0. The molecule has 0 aliphatic rings. The van der Waals surface area contributed by atoms with Gasteiger partial charge in [-0.2, -0.15) is 5.26 Å². The number of rotatable bonds is 7. The van der Waals surface area contributed by atoms with E-state index in [1.165, 1.54) is 0 Å². The first-order chi connectivity index (χ1) is 9.12. The number of nitrogens with zero attached hydrogens (tertiary/aromatic N) is 1. The molecule has 0 radical (unpaired) electrons. The van der Waals surface area contributed by atoms with Gasteiger partial charge in [-0.05, 0) is 25.0 Å². The average Bonchev–Trinajstić information content (AvgIpc) is 2.48. The second kappa shape index (κ2) is 7.40. The summed E-state index contributed by atoms with van der Waals surface area (Å²) in [7, 11) is 1.58. The maximum absolute atomic E-state index is 8.98. The van der Waals surface area contributed by atoms with E-state index in [1.807, 2.05) is 6.07 Å². The van der Waals surface area contributed by atoms with Crippen molar-refractivity contribution < 1.29 is 9.47 Å². The third-order valence-electron chi connectivity index (χ3n) is 3.57. The molecule has 0 unspecified atom stereocenters. The molecule has 104 valence electrons. The van der Waals surface area contributed by atoms with E-state index in [9.17, 15) is 0 Å². The SMILES string of the molecule is CCC(CC)(CBr)COc1cc(C#N)cc(OC)c1. The zero-order valence-electron chi connectivity index (χ0n) is 11.7. The van der Waals surface area contributed by atoms with Crippen LogP contribution in [-0.4, -0.2) is 19.0 Å². The molecular formula is C15H20BrNO2. The summed E-state index contributed by atoms with van der Waals surface area (Å²) in [5, 5.41) is 9.88. The van der Waals surface area contributed by atoms with E-state index in [0.29, 0.717) is 23.7 Å². The Morgan fingerprint density at radius 3 is 2.32 bits per heavy atom. The van der Waals surface area contributed by atoms with Crippen LogP contribution < -0.4 is 9.47 Å². The molecule has 0 aliphatic heterocycles. The maximum atomic E-state index is 8.98. The standard InChI is InChI=1S/C15H20BrNO2/c1-4-15(5-2,10-16)11-19-14-7-12(9-17)6-13(8-14)18-3/h6-8H,4-5,10-11H2,1-3H3. The van der Waals surface area contributed by atoms with Crippen molar-refractivity contribution in [2.24, 2.45) is 5.41 Å². The van der Waals surface area contributed by atoms with Gasteiger partial charge in [-0.15, -0.1) is 0 Å². The topological polar surface area (TPSA) is 42.2 Å². The Bertz CT molecular complexity index is 442. The Morgan fingerprint density at radius 1 is 1.21 bits per heavy atom. The van der Waals surface area contributed by atoms with Gasteiger partial charge in [0.05, 0.1) is 25.3 Å². The molecule has 0 saturated carbocycles. The Kier molecular flexibility index (Phi) is 6.17. The highest BCUT2D eigenvalue weighted by Gasteiger charge is 2.25. The van der Waals surface area contributed by atoms with Gasteiger partial charge in [0, 0.05) is 16.8 Å². The van der Waals surface area contributed by atoms with E-state index < -0.39 is 0 Å². The molecular weight excluding hydrogens is 306 g/mol. The van der Waals surface area contributed by atoms with Crippen LogP contribution in [0.15, 0.2) is 18.2 Å². The molecule has 4 heteroatoms. The van der Waals surface area contributed by atoms with Gasteiger partial charge in [0.1, 0.15) is 11.5 Å². The molecule has 0 saturated heterocycles. The lowest BCUT2D eigenvalue weighted by molar-refractivity contribution is 0.157. The highest BCUT2D eigenvalue weighted by Crippen LogP contribution is 2.31. The lowest BCUT2D eigenvalue weighted by Gasteiger charge is -2.29. The Labute approximate surface area is 123 Å². The van der Waals surface area contributed by atoms with Gasteiger partial charge in [-0.3, -0.25) is 0 Å². The molecule has 1 rings (SSSR count). The maximum Gasteiger partial charge on any atom is 0.124 e. The summed E-state index contributed by atoms with van der Waals surface area (Å²) >= 11 is 3.57. The van der Waals surface area contributed by atoms with Crippen molar-refractivity contribution in [2.75, 3.05) is 19.0 Å². The minimum Gasteiger partial charge on any atom is -0.497 e. The molecule has 0 amide bonds. The van der Waals surface area contributed by atoms with E-state index in [-0.39, 0.29) is 5.41 Å². The largest absolute Gasteiger partial charge is 0.497 e. The van der Waals surface area contributed by atoms with Gasteiger partial charge >= 0.3 is 0 Å². The van der Waals surface area contributed by atoms with Crippen molar-refractivity contribution in [3.05, 3.63) is 23.8 Å². The van der Waals surface area contributed by atoms with Crippen molar-refractivity contribution in [1.82, 2.24) is 0 Å². The molecule has 0 atom stereocenters. The second-order valence-corrected chi connectivity index (χ2v) is 5.20. The number of nitriles is 1. The van der Waals surface area contributed by atoms with Gasteiger partial charge in [-0.1, -0.05) is 29.8 Å². The summed E-state index contributed by atoms with van der Waals surface area (Å²) < 4.78 is 11.0. The first-order valence-electron chi connectivity index (χ1n) is 6.41. The zero-order valence-corrected chi connectivity index (χ0v) is 13.3. The number of hydrogen-bond acceptors (Lipinski definition) is 3. The fourth-order valence-electron chi connectivity index (χ4n) is 1.76. The fraction of sp³-hybridized carbons (Fsp3) is 0.533. The molecule has 19 heavy (non-hydrogen) atoms. The molecule has 0 bridgehead atoms. The second-order valence-electron chi connectivity index (χ2n) is 4.64. The third-order valence-corrected chi connectivity index (χ3v) is 4.76. The molecule has 0 spiro atoms. The van der Waals surface area contributed by atoms with Crippen molar-refractivity contribution in [3.63, 3.8) is 0 Å². The predicted octanol–water partition coefficient (Wildman–Crippen LogP) is 4.15. The van der Waals surface area contributed by atoms with Gasteiger partial charge in [0.15, 0.2) is 0 Å². The van der Waals surface area contributed by atoms with E-state index in [4.69, 9.17) is 14.7 Å². The van der Waals surface area contributed by atoms with E-state index in [1.54, 1.807) is 19.2 Å². The summed E-state index contributed by atoms with van der Waals surface area (Å²) in [4.78, 5) is 0. The van der Waals surface area contributed by atoms with E-state index in [2.05, 4.69) is 35.8 Å². The van der Waals surface area contributed by atoms with Gasteiger partial charge < -0.3 is 9.47 Å². The first kappa shape index (κ1) is 15.8. The number of halogens is 1. The predicted molar refractivity (Wildman–Crippen MR) is 80.0 cm³/mol. The van der Waals surface area contributed by atoms with Crippen LogP contribution in [0.2, 0.25) is 0 Å². The van der Waals surface area contributed by atoms with Gasteiger partial charge in [0.25, 0.3) is 0 Å². The minimum atomic E-state index is 0.135. The van der Waals surface area contributed by atoms with Crippen LogP contribution in [0.4, 0.5) is 0 Å². The van der Waals surface area contributed by atoms with Crippen molar-refractivity contribution in [1.29, 1.82) is 5.26 Å². The molecule has 3 nitrogen and oxygen atoms in total. The summed E-state index contributed by atoms with van der Waals surface area (Å²) in [6, 6.07) is 7.36.